The summed E-state index contributed by atoms with van der Waals surface area (Å²) in [5.41, 5.74) is 1.43. The molecule has 0 saturated carbocycles. The van der Waals surface area contributed by atoms with E-state index >= 15 is 0 Å². The fourth-order valence-electron chi connectivity index (χ4n) is 2.79. The van der Waals surface area contributed by atoms with Crippen LogP contribution in [0.2, 0.25) is 5.02 Å². The highest BCUT2D eigenvalue weighted by Gasteiger charge is 2.14. The van der Waals surface area contributed by atoms with E-state index in [2.05, 4.69) is 15.3 Å². The predicted molar refractivity (Wildman–Crippen MR) is 110 cm³/mol. The van der Waals surface area contributed by atoms with E-state index in [1.54, 1.807) is 30.3 Å². The first-order valence-electron chi connectivity index (χ1n) is 8.77. The number of para-hydroxylation sites is 1. The van der Waals surface area contributed by atoms with E-state index in [0.717, 1.165) is 11.8 Å². The van der Waals surface area contributed by atoms with Gasteiger partial charge >= 0.3 is 0 Å². The lowest BCUT2D eigenvalue weighted by Crippen LogP contribution is -2.22. The molecule has 0 aliphatic rings. The largest absolute Gasteiger partial charge is 0.438 e. The van der Waals surface area contributed by atoms with E-state index in [0.29, 0.717) is 16.8 Å². The van der Waals surface area contributed by atoms with E-state index in [4.69, 9.17) is 16.0 Å². The van der Waals surface area contributed by atoms with E-state index < -0.39 is 11.7 Å². The van der Waals surface area contributed by atoms with Gasteiger partial charge in [-0.05, 0) is 49.4 Å². The van der Waals surface area contributed by atoms with Gasteiger partial charge in [-0.25, -0.2) is 14.4 Å². The molecule has 0 unspecified atom stereocenters. The Bertz CT molecular complexity index is 1300. The molecule has 0 saturated heterocycles. The summed E-state index contributed by atoms with van der Waals surface area (Å²) in [6.45, 7) is 1.82. The van der Waals surface area contributed by atoms with Gasteiger partial charge in [-0.3, -0.25) is 4.79 Å². The molecule has 4 rings (SSSR count). The highest BCUT2D eigenvalue weighted by Crippen LogP contribution is 2.22. The lowest BCUT2D eigenvalue weighted by atomic mass is 10.1. The first-order valence-corrected chi connectivity index (χ1v) is 9.15. The second kappa shape index (κ2) is 7.85. The number of halogens is 2. The zero-order valence-corrected chi connectivity index (χ0v) is 16.1. The minimum absolute atomic E-state index is 0.0103. The summed E-state index contributed by atoms with van der Waals surface area (Å²) in [5, 5.41) is 3.69. The first-order chi connectivity index (χ1) is 14.0. The molecule has 0 aliphatic heterocycles. The number of carbonyl (C=O) groups is 1. The average molecular weight is 408 g/mol. The van der Waals surface area contributed by atoms with Crippen LogP contribution in [0, 0.1) is 12.7 Å². The van der Waals surface area contributed by atoms with Crippen LogP contribution in [-0.2, 0) is 0 Å². The van der Waals surface area contributed by atoms with Gasteiger partial charge in [0.2, 0.25) is 5.55 Å². The number of pyridine rings is 1. The van der Waals surface area contributed by atoms with Gasteiger partial charge in [-0.1, -0.05) is 35.9 Å². The van der Waals surface area contributed by atoms with E-state index in [1.807, 2.05) is 25.1 Å². The van der Waals surface area contributed by atoms with Gasteiger partial charge in [0.1, 0.15) is 28.5 Å². The number of nitrogens with zero attached hydrogens (tertiary/aromatic N) is 2. The van der Waals surface area contributed by atoms with Crippen LogP contribution in [0.3, 0.4) is 0 Å². The highest BCUT2D eigenvalue weighted by atomic mass is 35.5. The Hall–Kier alpha value is -3.51. The normalized spacial score (nSPS) is 11.6. The molecule has 2 aromatic carbocycles. The number of nitrogens with one attached hydrogen (secondary N) is 1. The van der Waals surface area contributed by atoms with Crippen molar-refractivity contribution in [2.45, 2.75) is 6.92 Å². The maximum absolute atomic E-state index is 14.2. The summed E-state index contributed by atoms with van der Waals surface area (Å²) in [4.78, 5) is 21.4. The number of benzene rings is 2. The predicted octanol–water partition coefficient (Wildman–Crippen LogP) is 5.41. The van der Waals surface area contributed by atoms with Crippen LogP contribution in [0.15, 0.2) is 76.1 Å². The Kier molecular flexibility index (Phi) is 5.10. The molecule has 4 aromatic rings. The standard InChI is InChI=1S/C22H15ClFN3O2/c1-13-5-4-8-20(25-13)27-21(28)16-11-14-6-2-3-7-19(14)29-22(16)26-18-10-9-15(23)12-17(18)24/h2-12H,1H3,(H,25,27,28). The summed E-state index contributed by atoms with van der Waals surface area (Å²) >= 11 is 5.81. The second-order valence-corrected chi connectivity index (χ2v) is 6.77. The lowest BCUT2D eigenvalue weighted by Gasteiger charge is -2.07. The van der Waals surface area contributed by atoms with E-state index in [9.17, 15) is 9.18 Å². The number of rotatable bonds is 3. The Morgan fingerprint density at radius 1 is 1.10 bits per heavy atom. The third kappa shape index (κ3) is 4.17. The summed E-state index contributed by atoms with van der Waals surface area (Å²) in [5.74, 6) is -0.690. The molecular weight excluding hydrogens is 393 g/mol. The fraction of sp³-hybridized carbons (Fsp3) is 0.0455. The lowest BCUT2D eigenvalue weighted by molar-refractivity contribution is 0.102. The van der Waals surface area contributed by atoms with Crippen LogP contribution in [0.25, 0.3) is 11.0 Å². The molecule has 7 heteroatoms. The second-order valence-electron chi connectivity index (χ2n) is 6.33. The van der Waals surface area contributed by atoms with Crippen LogP contribution in [0.4, 0.5) is 15.9 Å². The molecule has 2 heterocycles. The van der Waals surface area contributed by atoms with Crippen molar-refractivity contribution in [2.24, 2.45) is 4.99 Å². The van der Waals surface area contributed by atoms with E-state index in [-0.39, 0.29) is 21.8 Å². The van der Waals surface area contributed by atoms with Crippen LogP contribution in [-0.4, -0.2) is 10.9 Å². The van der Waals surface area contributed by atoms with Crippen LogP contribution < -0.4 is 10.9 Å². The van der Waals surface area contributed by atoms with Crippen LogP contribution in [0.5, 0.6) is 0 Å². The van der Waals surface area contributed by atoms with Gasteiger partial charge in [0.05, 0.1) is 0 Å². The van der Waals surface area contributed by atoms with Gasteiger partial charge < -0.3 is 9.73 Å². The van der Waals surface area contributed by atoms with Crippen molar-refractivity contribution in [3.8, 4) is 0 Å². The van der Waals surface area contributed by atoms with Crippen LogP contribution >= 0.6 is 11.6 Å². The minimum atomic E-state index is -0.618. The third-order valence-electron chi connectivity index (χ3n) is 4.16. The molecule has 0 fully saturated rings. The quantitative estimate of drug-likeness (QED) is 0.493. The number of anilines is 1. The summed E-state index contributed by atoms with van der Waals surface area (Å²) in [6.07, 6.45) is 0. The monoisotopic (exact) mass is 407 g/mol. The molecule has 0 radical (unpaired) electrons. The minimum Gasteiger partial charge on any atom is -0.438 e. The SMILES string of the molecule is Cc1cccc(NC(=O)c2cc3ccccc3oc2=Nc2ccc(Cl)cc2F)n1. The Morgan fingerprint density at radius 2 is 1.93 bits per heavy atom. The molecular formula is C22H15ClFN3O2. The van der Waals surface area contributed by atoms with Crippen molar-refractivity contribution in [2.75, 3.05) is 5.32 Å². The topological polar surface area (TPSA) is 67.5 Å². The smallest absolute Gasteiger partial charge is 0.262 e. The Morgan fingerprint density at radius 3 is 2.72 bits per heavy atom. The Balaban J connectivity index is 1.86. The molecule has 0 bridgehead atoms. The molecule has 5 nitrogen and oxygen atoms in total. The maximum atomic E-state index is 14.2. The van der Waals surface area contributed by atoms with Crippen molar-refractivity contribution in [3.63, 3.8) is 0 Å². The number of aryl methyl sites for hydroxylation is 1. The molecule has 0 atom stereocenters. The van der Waals surface area contributed by atoms with Gasteiger partial charge in [0.15, 0.2) is 0 Å². The zero-order chi connectivity index (χ0) is 20.4. The maximum Gasteiger partial charge on any atom is 0.262 e. The molecule has 0 spiro atoms. The van der Waals surface area contributed by atoms with Crippen molar-refractivity contribution in [1.82, 2.24) is 4.98 Å². The van der Waals surface area contributed by atoms with E-state index in [1.165, 1.54) is 12.1 Å². The fourth-order valence-corrected chi connectivity index (χ4v) is 2.95. The number of carbonyl (C=O) groups excluding carboxylic acids is 1. The van der Waals surface area contributed by atoms with Gasteiger partial charge in [0.25, 0.3) is 5.91 Å². The number of amides is 1. The highest BCUT2D eigenvalue weighted by molar-refractivity contribution is 6.30. The number of hydrogen-bond donors (Lipinski definition) is 1. The molecule has 0 aliphatic carbocycles. The first kappa shape index (κ1) is 18.8. The number of hydrogen-bond acceptors (Lipinski definition) is 4. The average Bonchev–Trinajstić information content (AvgIpc) is 2.69. The van der Waals surface area contributed by atoms with Crippen molar-refractivity contribution < 1.29 is 13.6 Å². The van der Waals surface area contributed by atoms with Crippen LogP contribution in [0.1, 0.15) is 16.1 Å². The number of fused-ring (bicyclic) bond motifs is 1. The molecule has 144 valence electrons. The third-order valence-corrected chi connectivity index (χ3v) is 4.40. The van der Waals surface area contributed by atoms with Crippen molar-refractivity contribution in [3.05, 3.63) is 94.4 Å². The summed E-state index contributed by atoms with van der Waals surface area (Å²) in [7, 11) is 0. The van der Waals surface area contributed by atoms with Gasteiger partial charge in [-0.2, -0.15) is 0 Å². The molecule has 1 N–H and O–H groups in total. The summed E-state index contributed by atoms with van der Waals surface area (Å²) < 4.78 is 20.1. The summed E-state index contributed by atoms with van der Waals surface area (Å²) in [6, 6.07) is 18.2. The van der Waals surface area contributed by atoms with Crippen molar-refractivity contribution in [1.29, 1.82) is 0 Å². The number of aromatic nitrogens is 1. The molecule has 1 amide bonds. The Labute approximate surface area is 170 Å². The van der Waals surface area contributed by atoms with Gasteiger partial charge in [-0.15, -0.1) is 0 Å². The molecule has 29 heavy (non-hydrogen) atoms. The molecule has 2 aromatic heterocycles. The van der Waals surface area contributed by atoms with Crippen molar-refractivity contribution >= 4 is 40.0 Å². The van der Waals surface area contributed by atoms with Gasteiger partial charge in [0, 0.05) is 16.1 Å². The zero-order valence-electron chi connectivity index (χ0n) is 15.3.